The molecule has 3 heterocycles. The summed E-state index contributed by atoms with van der Waals surface area (Å²) in [4.78, 5) is 8.12. The lowest BCUT2D eigenvalue weighted by Gasteiger charge is -2.03. The van der Waals surface area contributed by atoms with Crippen molar-refractivity contribution in [2.45, 2.75) is 0 Å². The van der Waals surface area contributed by atoms with E-state index in [0.29, 0.717) is 22.5 Å². The van der Waals surface area contributed by atoms with Crippen LogP contribution in [0, 0.1) is 5.82 Å². The van der Waals surface area contributed by atoms with Crippen LogP contribution in [0.25, 0.3) is 28.0 Å². The molecule has 0 saturated carbocycles. The molecule has 0 atom stereocenters. The number of aromatic nitrogens is 4. The largest absolute Gasteiger partial charge is 0.237 e. The average molecular weight is 325 g/mol. The maximum absolute atomic E-state index is 14.4. The van der Waals surface area contributed by atoms with Crippen LogP contribution >= 0.6 is 11.6 Å². The second-order valence-electron chi connectivity index (χ2n) is 4.95. The molecule has 0 fully saturated rings. The molecule has 0 unspecified atom stereocenters. The van der Waals surface area contributed by atoms with Gasteiger partial charge in [-0.25, -0.2) is 18.9 Å². The number of hydrogen-bond donors (Lipinski definition) is 0. The number of rotatable bonds is 2. The van der Waals surface area contributed by atoms with Crippen LogP contribution in [0.2, 0.25) is 5.28 Å². The van der Waals surface area contributed by atoms with Crippen LogP contribution in [0.1, 0.15) is 0 Å². The Morgan fingerprint density at radius 1 is 1.00 bits per heavy atom. The summed E-state index contributed by atoms with van der Waals surface area (Å²) < 4.78 is 15.9. The monoisotopic (exact) mass is 324 g/mol. The van der Waals surface area contributed by atoms with Gasteiger partial charge in [0, 0.05) is 18.0 Å². The highest BCUT2D eigenvalue weighted by atomic mass is 35.5. The van der Waals surface area contributed by atoms with Crippen molar-refractivity contribution in [3.63, 3.8) is 0 Å². The molecule has 23 heavy (non-hydrogen) atoms. The van der Waals surface area contributed by atoms with E-state index in [0.717, 1.165) is 5.56 Å². The Balaban J connectivity index is 2.11. The summed E-state index contributed by atoms with van der Waals surface area (Å²) in [5.74, 6) is -0.369. The van der Waals surface area contributed by atoms with Gasteiger partial charge in [-0.1, -0.05) is 30.3 Å². The summed E-state index contributed by atoms with van der Waals surface area (Å²) in [6, 6.07) is 14.3. The van der Waals surface area contributed by atoms with E-state index in [1.807, 2.05) is 30.3 Å². The molecule has 0 spiro atoms. The smallest absolute Gasteiger partial charge is 0.222 e. The quantitative estimate of drug-likeness (QED) is 0.518. The summed E-state index contributed by atoms with van der Waals surface area (Å²) in [5, 5.41) is 4.63. The molecule has 4 nitrogen and oxygen atoms in total. The Bertz CT molecular complexity index is 998. The van der Waals surface area contributed by atoms with Crippen molar-refractivity contribution >= 4 is 17.1 Å². The van der Waals surface area contributed by atoms with Gasteiger partial charge in [-0.15, -0.1) is 0 Å². The van der Waals surface area contributed by atoms with Gasteiger partial charge in [-0.2, -0.15) is 5.10 Å². The lowest BCUT2D eigenvalue weighted by Crippen LogP contribution is -1.91. The molecule has 0 aliphatic heterocycles. The predicted molar refractivity (Wildman–Crippen MR) is 86.6 cm³/mol. The van der Waals surface area contributed by atoms with Crippen molar-refractivity contribution in [1.29, 1.82) is 0 Å². The SMILES string of the molecule is Fc1cccn2nc(-c3ccccc3)c(-c3ccnc(Cl)n3)c12. The number of fused-ring (bicyclic) bond motifs is 1. The Labute approximate surface area is 136 Å². The van der Waals surface area contributed by atoms with E-state index in [-0.39, 0.29) is 11.1 Å². The normalized spacial score (nSPS) is 11.0. The van der Waals surface area contributed by atoms with E-state index in [4.69, 9.17) is 11.6 Å². The Morgan fingerprint density at radius 3 is 2.61 bits per heavy atom. The highest BCUT2D eigenvalue weighted by molar-refractivity contribution is 6.28. The van der Waals surface area contributed by atoms with Crippen LogP contribution in [0.3, 0.4) is 0 Å². The molecule has 112 valence electrons. The number of hydrogen-bond acceptors (Lipinski definition) is 3. The zero-order valence-electron chi connectivity index (χ0n) is 11.8. The highest BCUT2D eigenvalue weighted by Crippen LogP contribution is 2.35. The summed E-state index contributed by atoms with van der Waals surface area (Å²) in [6.07, 6.45) is 3.25. The molecule has 0 aliphatic carbocycles. The van der Waals surface area contributed by atoms with Gasteiger partial charge in [-0.05, 0) is 29.8 Å². The van der Waals surface area contributed by atoms with Crippen molar-refractivity contribution < 1.29 is 4.39 Å². The first-order valence-corrected chi connectivity index (χ1v) is 7.33. The van der Waals surface area contributed by atoms with Gasteiger partial charge in [0.1, 0.15) is 17.0 Å². The van der Waals surface area contributed by atoms with Gasteiger partial charge in [0.15, 0.2) is 0 Å². The summed E-state index contributed by atoms with van der Waals surface area (Å²) >= 11 is 5.91. The third kappa shape index (κ3) is 2.35. The highest BCUT2D eigenvalue weighted by Gasteiger charge is 2.20. The molecule has 0 bridgehead atoms. The van der Waals surface area contributed by atoms with E-state index in [2.05, 4.69) is 15.1 Å². The number of nitrogens with zero attached hydrogens (tertiary/aromatic N) is 4. The fourth-order valence-corrected chi connectivity index (χ4v) is 2.72. The second-order valence-corrected chi connectivity index (χ2v) is 5.29. The average Bonchev–Trinajstić information content (AvgIpc) is 2.97. The van der Waals surface area contributed by atoms with Crippen LogP contribution in [0.5, 0.6) is 0 Å². The van der Waals surface area contributed by atoms with Crippen LogP contribution in [-0.2, 0) is 0 Å². The fourth-order valence-electron chi connectivity index (χ4n) is 2.57. The van der Waals surface area contributed by atoms with Gasteiger partial charge in [-0.3, -0.25) is 0 Å². The summed E-state index contributed by atoms with van der Waals surface area (Å²) in [7, 11) is 0. The van der Waals surface area contributed by atoms with Crippen molar-refractivity contribution in [3.8, 4) is 22.5 Å². The van der Waals surface area contributed by atoms with E-state index >= 15 is 0 Å². The van der Waals surface area contributed by atoms with E-state index in [1.165, 1.54) is 10.6 Å². The van der Waals surface area contributed by atoms with Gasteiger partial charge in [0.2, 0.25) is 5.28 Å². The topological polar surface area (TPSA) is 43.1 Å². The lowest BCUT2D eigenvalue weighted by atomic mass is 10.0. The third-order valence-corrected chi connectivity index (χ3v) is 3.72. The first kappa shape index (κ1) is 13.8. The van der Waals surface area contributed by atoms with Crippen LogP contribution < -0.4 is 0 Å². The molecule has 3 aromatic heterocycles. The standard InChI is InChI=1S/C17H10ClFN4/c18-17-20-9-8-13(21-17)14-15(11-5-2-1-3-6-11)22-23-10-4-7-12(19)16(14)23/h1-10H. The molecule has 4 aromatic rings. The minimum atomic E-state index is -0.369. The first-order chi connectivity index (χ1) is 11.2. The lowest BCUT2D eigenvalue weighted by molar-refractivity contribution is 0.630. The fraction of sp³-hybridized carbons (Fsp3) is 0. The summed E-state index contributed by atoms with van der Waals surface area (Å²) in [5.41, 5.74) is 3.01. The van der Waals surface area contributed by atoms with Crippen LogP contribution in [0.4, 0.5) is 4.39 Å². The van der Waals surface area contributed by atoms with E-state index in [1.54, 1.807) is 24.5 Å². The minimum absolute atomic E-state index is 0.109. The molecule has 0 radical (unpaired) electrons. The number of pyridine rings is 1. The molecule has 6 heteroatoms. The van der Waals surface area contributed by atoms with Crippen LogP contribution in [-0.4, -0.2) is 19.6 Å². The van der Waals surface area contributed by atoms with Crippen molar-refractivity contribution in [2.75, 3.05) is 0 Å². The molecule has 0 N–H and O–H groups in total. The maximum Gasteiger partial charge on any atom is 0.222 e. The first-order valence-electron chi connectivity index (χ1n) is 6.95. The van der Waals surface area contributed by atoms with E-state index < -0.39 is 0 Å². The van der Waals surface area contributed by atoms with Gasteiger partial charge < -0.3 is 0 Å². The van der Waals surface area contributed by atoms with Gasteiger partial charge >= 0.3 is 0 Å². The molecule has 1 aromatic carbocycles. The molecule has 0 saturated heterocycles. The molecular formula is C17H10ClFN4. The minimum Gasteiger partial charge on any atom is -0.237 e. The van der Waals surface area contributed by atoms with Crippen molar-refractivity contribution in [3.05, 3.63) is 72.0 Å². The Hall–Kier alpha value is -2.79. The van der Waals surface area contributed by atoms with Crippen LogP contribution in [0.15, 0.2) is 60.9 Å². The molecule has 0 aliphatic rings. The predicted octanol–water partition coefficient (Wildman–Crippen LogP) is 4.25. The maximum atomic E-state index is 14.4. The molecule has 0 amide bonds. The number of halogens is 2. The summed E-state index contributed by atoms with van der Waals surface area (Å²) in [6.45, 7) is 0. The second kappa shape index (κ2) is 5.44. The third-order valence-electron chi connectivity index (χ3n) is 3.54. The van der Waals surface area contributed by atoms with Gasteiger partial charge in [0.25, 0.3) is 0 Å². The van der Waals surface area contributed by atoms with E-state index in [9.17, 15) is 4.39 Å². The Morgan fingerprint density at radius 2 is 1.83 bits per heavy atom. The van der Waals surface area contributed by atoms with Crippen molar-refractivity contribution in [1.82, 2.24) is 19.6 Å². The zero-order chi connectivity index (χ0) is 15.8. The Kier molecular flexibility index (Phi) is 3.28. The van der Waals surface area contributed by atoms with Gasteiger partial charge in [0.05, 0.1) is 11.3 Å². The molecule has 4 rings (SSSR count). The van der Waals surface area contributed by atoms with Crippen molar-refractivity contribution in [2.24, 2.45) is 0 Å². The number of benzene rings is 1. The molecular weight excluding hydrogens is 315 g/mol. The zero-order valence-corrected chi connectivity index (χ0v) is 12.6.